The summed E-state index contributed by atoms with van der Waals surface area (Å²) in [5.74, 6) is -0.102. The Morgan fingerprint density at radius 2 is 2.07 bits per heavy atom. The molecule has 29 heavy (non-hydrogen) atoms. The number of carbonyl (C=O) groups excluding carboxylic acids is 1. The molecule has 0 N–H and O–H groups in total. The summed E-state index contributed by atoms with van der Waals surface area (Å²) in [5.41, 5.74) is 4.36. The van der Waals surface area contributed by atoms with E-state index in [9.17, 15) is 4.79 Å². The van der Waals surface area contributed by atoms with Gasteiger partial charge in [-0.1, -0.05) is 29.4 Å². The summed E-state index contributed by atoms with van der Waals surface area (Å²) in [6.45, 7) is 9.46. The number of rotatable bonds is 8. The maximum Gasteiger partial charge on any atom is 0.310 e. The number of ether oxygens (including phenoxy) is 1. The van der Waals surface area contributed by atoms with Crippen LogP contribution >= 0.6 is 11.3 Å². The summed E-state index contributed by atoms with van der Waals surface area (Å²) in [5, 5.41) is 6.62. The number of oxime groups is 1. The molecule has 0 spiro atoms. The molecule has 0 saturated carbocycles. The fraction of sp³-hybridized carbons (Fsp3) is 0.478. The van der Waals surface area contributed by atoms with Gasteiger partial charge in [0.1, 0.15) is 12.3 Å². The van der Waals surface area contributed by atoms with Crippen molar-refractivity contribution in [3.05, 3.63) is 57.3 Å². The maximum atomic E-state index is 12.0. The van der Waals surface area contributed by atoms with E-state index in [1.807, 2.05) is 19.1 Å². The second-order valence-corrected chi connectivity index (χ2v) is 8.33. The standard InChI is InChI=1S/C23H30N2O3S/c1-4-27-23(26)19-9-7-12-25(16-19)13-14-28-24-21(22-18(3)11-15-29-22)20-10-6-5-8-17(20)2/h5-6,8,10-11,15,19H,4,7,9,12-14,16H2,1-3H3/t19-/m0/s1. The zero-order valence-electron chi connectivity index (χ0n) is 17.5. The number of likely N-dealkylation sites (tertiary alicyclic amines) is 1. The van der Waals surface area contributed by atoms with Gasteiger partial charge in [-0.2, -0.15) is 0 Å². The largest absolute Gasteiger partial charge is 0.466 e. The van der Waals surface area contributed by atoms with Crippen molar-refractivity contribution in [3.8, 4) is 0 Å². The normalized spacial score (nSPS) is 17.9. The number of esters is 1. The van der Waals surface area contributed by atoms with E-state index >= 15 is 0 Å². The number of benzene rings is 1. The van der Waals surface area contributed by atoms with Gasteiger partial charge in [0, 0.05) is 18.7 Å². The van der Waals surface area contributed by atoms with Crippen LogP contribution in [0.1, 0.15) is 41.3 Å². The highest BCUT2D eigenvalue weighted by atomic mass is 32.1. The van der Waals surface area contributed by atoms with Crippen molar-refractivity contribution in [1.29, 1.82) is 0 Å². The predicted molar refractivity (Wildman–Crippen MR) is 118 cm³/mol. The SMILES string of the molecule is CCOC(=O)[C@H]1CCCN(CCON=C(c2ccccc2C)c2sccc2C)C1. The molecule has 3 rings (SSSR count). The minimum Gasteiger partial charge on any atom is -0.466 e. The van der Waals surface area contributed by atoms with Crippen molar-refractivity contribution in [2.75, 3.05) is 32.8 Å². The maximum absolute atomic E-state index is 12.0. The number of nitrogens with zero attached hydrogens (tertiary/aromatic N) is 2. The molecule has 0 radical (unpaired) electrons. The smallest absolute Gasteiger partial charge is 0.310 e. The van der Waals surface area contributed by atoms with Crippen molar-refractivity contribution in [1.82, 2.24) is 4.90 Å². The van der Waals surface area contributed by atoms with E-state index in [1.165, 1.54) is 11.1 Å². The molecule has 5 nitrogen and oxygen atoms in total. The van der Waals surface area contributed by atoms with Crippen molar-refractivity contribution in [2.45, 2.75) is 33.6 Å². The average Bonchev–Trinajstić information content (AvgIpc) is 3.15. The van der Waals surface area contributed by atoms with Gasteiger partial charge in [0.05, 0.1) is 17.4 Å². The molecule has 1 saturated heterocycles. The average molecular weight is 415 g/mol. The molecule has 1 aromatic carbocycles. The third kappa shape index (κ3) is 5.67. The molecule has 2 aromatic rings. The molecule has 1 fully saturated rings. The number of thiophene rings is 1. The zero-order chi connectivity index (χ0) is 20.6. The Hall–Kier alpha value is -2.18. The second kappa shape index (κ2) is 10.6. The zero-order valence-corrected chi connectivity index (χ0v) is 18.3. The summed E-state index contributed by atoms with van der Waals surface area (Å²) in [6.07, 6.45) is 1.92. The molecule has 1 aliphatic heterocycles. The highest BCUT2D eigenvalue weighted by Crippen LogP contribution is 2.23. The van der Waals surface area contributed by atoms with E-state index in [4.69, 9.17) is 9.57 Å². The third-order valence-electron chi connectivity index (χ3n) is 5.26. The fourth-order valence-corrected chi connectivity index (χ4v) is 4.58. The van der Waals surface area contributed by atoms with Crippen molar-refractivity contribution in [3.63, 3.8) is 0 Å². The summed E-state index contributed by atoms with van der Waals surface area (Å²) in [7, 11) is 0. The van der Waals surface area contributed by atoms with E-state index in [1.54, 1.807) is 11.3 Å². The lowest BCUT2D eigenvalue weighted by Gasteiger charge is -2.30. The van der Waals surface area contributed by atoms with Crippen molar-refractivity contribution in [2.24, 2.45) is 11.1 Å². The Bertz CT molecular complexity index is 846. The first-order valence-electron chi connectivity index (χ1n) is 10.3. The molecule has 1 aromatic heterocycles. The number of hydrogen-bond acceptors (Lipinski definition) is 6. The van der Waals surface area contributed by atoms with E-state index in [2.05, 4.69) is 47.5 Å². The van der Waals surface area contributed by atoms with Gasteiger partial charge in [-0.05, 0) is 62.7 Å². The van der Waals surface area contributed by atoms with E-state index < -0.39 is 0 Å². The second-order valence-electron chi connectivity index (χ2n) is 7.41. The highest BCUT2D eigenvalue weighted by Gasteiger charge is 2.26. The third-order valence-corrected chi connectivity index (χ3v) is 6.28. The number of aryl methyl sites for hydroxylation is 2. The molecule has 156 valence electrons. The predicted octanol–water partition coefficient (Wildman–Crippen LogP) is 4.41. The van der Waals surface area contributed by atoms with Crippen LogP contribution < -0.4 is 0 Å². The van der Waals surface area contributed by atoms with Gasteiger partial charge in [-0.25, -0.2) is 0 Å². The molecule has 0 unspecified atom stereocenters. The minimum absolute atomic E-state index is 0.0245. The van der Waals surface area contributed by atoms with E-state index in [0.717, 1.165) is 48.6 Å². The molecule has 6 heteroatoms. The molecule has 0 amide bonds. The summed E-state index contributed by atoms with van der Waals surface area (Å²) in [6, 6.07) is 10.4. The molecular weight excluding hydrogens is 384 g/mol. The van der Waals surface area contributed by atoms with E-state index in [0.29, 0.717) is 13.2 Å². The van der Waals surface area contributed by atoms with Crippen LogP contribution in [0.2, 0.25) is 0 Å². The van der Waals surface area contributed by atoms with Crippen molar-refractivity contribution >= 4 is 23.0 Å². The Kier molecular flexibility index (Phi) is 7.83. The van der Waals surface area contributed by atoms with Crippen LogP contribution in [0.5, 0.6) is 0 Å². The van der Waals surface area contributed by atoms with Gasteiger partial charge in [-0.3, -0.25) is 9.69 Å². The first kappa shape index (κ1) is 21.5. The van der Waals surface area contributed by atoms with Gasteiger partial charge in [-0.15, -0.1) is 11.3 Å². The Labute approximate surface area is 177 Å². The molecule has 1 aliphatic rings. The lowest BCUT2D eigenvalue weighted by Crippen LogP contribution is -2.40. The minimum atomic E-state index is -0.0776. The summed E-state index contributed by atoms with van der Waals surface area (Å²) < 4.78 is 5.18. The fourth-order valence-electron chi connectivity index (χ4n) is 3.66. The van der Waals surface area contributed by atoms with Crippen molar-refractivity contribution < 1.29 is 14.4 Å². The first-order valence-corrected chi connectivity index (χ1v) is 11.2. The number of piperidine rings is 1. The van der Waals surface area contributed by atoms with Crippen LogP contribution in [-0.2, 0) is 14.4 Å². The lowest BCUT2D eigenvalue weighted by molar-refractivity contribution is -0.150. The molecule has 2 heterocycles. The van der Waals surface area contributed by atoms with E-state index in [-0.39, 0.29) is 11.9 Å². The Balaban J connectivity index is 1.63. The van der Waals surface area contributed by atoms with Crippen LogP contribution in [-0.4, -0.2) is 49.4 Å². The highest BCUT2D eigenvalue weighted by molar-refractivity contribution is 7.12. The quantitative estimate of drug-likeness (QED) is 0.278. The topological polar surface area (TPSA) is 51.1 Å². The van der Waals surface area contributed by atoms with Crippen LogP contribution in [0.15, 0.2) is 40.9 Å². The molecule has 1 atom stereocenters. The molecule has 0 bridgehead atoms. The Morgan fingerprint density at radius 3 is 2.79 bits per heavy atom. The number of carbonyl (C=O) groups is 1. The lowest BCUT2D eigenvalue weighted by atomic mass is 9.98. The van der Waals surface area contributed by atoms with Crippen LogP contribution in [0, 0.1) is 19.8 Å². The van der Waals surface area contributed by atoms with Gasteiger partial charge in [0.15, 0.2) is 0 Å². The molecule has 0 aliphatic carbocycles. The number of hydrogen-bond donors (Lipinski definition) is 0. The van der Waals surface area contributed by atoms with Gasteiger partial charge >= 0.3 is 5.97 Å². The molecular formula is C23H30N2O3S. The summed E-state index contributed by atoms with van der Waals surface area (Å²) in [4.78, 5) is 21.2. The Morgan fingerprint density at radius 1 is 1.24 bits per heavy atom. The van der Waals surface area contributed by atoms with Crippen LogP contribution in [0.3, 0.4) is 0 Å². The summed E-state index contributed by atoms with van der Waals surface area (Å²) >= 11 is 1.68. The van der Waals surface area contributed by atoms with Crippen LogP contribution in [0.25, 0.3) is 0 Å². The van der Waals surface area contributed by atoms with Gasteiger partial charge < -0.3 is 9.57 Å². The van der Waals surface area contributed by atoms with Crippen LogP contribution in [0.4, 0.5) is 0 Å². The van der Waals surface area contributed by atoms with Gasteiger partial charge in [0.25, 0.3) is 0 Å². The monoisotopic (exact) mass is 414 g/mol. The first-order chi connectivity index (χ1) is 14.1. The van der Waals surface area contributed by atoms with Gasteiger partial charge in [0.2, 0.25) is 0 Å².